The minimum absolute atomic E-state index is 0.187. The van der Waals surface area contributed by atoms with Crippen LogP contribution in [0.1, 0.15) is 21.6 Å². The Hall–Kier alpha value is -3.61. The predicted molar refractivity (Wildman–Crippen MR) is 102 cm³/mol. The second kappa shape index (κ2) is 6.95. The molecule has 4 rings (SSSR count). The van der Waals surface area contributed by atoms with Crippen LogP contribution in [0.15, 0.2) is 48.7 Å². The van der Waals surface area contributed by atoms with Crippen LogP contribution in [0.4, 0.5) is 17.3 Å². The van der Waals surface area contributed by atoms with Crippen molar-refractivity contribution < 1.29 is 14.3 Å². The van der Waals surface area contributed by atoms with E-state index in [1.54, 1.807) is 30.5 Å². The van der Waals surface area contributed by atoms with E-state index in [9.17, 15) is 4.79 Å². The number of nitrogens with zero attached hydrogens (tertiary/aromatic N) is 2. The fourth-order valence-corrected chi connectivity index (χ4v) is 2.66. The maximum absolute atomic E-state index is 12.5. The number of benzene rings is 2. The van der Waals surface area contributed by atoms with Crippen LogP contribution in [0.5, 0.6) is 11.5 Å². The van der Waals surface area contributed by atoms with Gasteiger partial charge in [0.1, 0.15) is 5.69 Å². The number of amides is 1. The summed E-state index contributed by atoms with van der Waals surface area (Å²) in [6.07, 6.45) is 1.55. The first kappa shape index (κ1) is 16.8. The summed E-state index contributed by atoms with van der Waals surface area (Å²) >= 11 is 0. The third-order valence-corrected chi connectivity index (χ3v) is 4.28. The standard InChI is InChI=1S/C20H18N4O3/c1-12-3-4-14(9-13(12)2)23-20-21-8-7-16(24-20)19(25)22-15-5-6-17-18(10-15)27-11-26-17/h3-10H,11H2,1-2H3,(H,22,25)(H,21,23,24). The zero-order valence-electron chi connectivity index (χ0n) is 14.9. The Labute approximate surface area is 156 Å². The zero-order valence-corrected chi connectivity index (χ0v) is 14.9. The molecule has 3 aromatic rings. The van der Waals surface area contributed by atoms with Gasteiger partial charge in [0.25, 0.3) is 5.91 Å². The molecular weight excluding hydrogens is 344 g/mol. The van der Waals surface area contributed by atoms with Crippen molar-refractivity contribution in [2.24, 2.45) is 0 Å². The summed E-state index contributed by atoms with van der Waals surface area (Å²) in [6, 6.07) is 12.8. The van der Waals surface area contributed by atoms with Crippen molar-refractivity contribution in [2.45, 2.75) is 13.8 Å². The maximum atomic E-state index is 12.5. The van der Waals surface area contributed by atoms with E-state index in [-0.39, 0.29) is 18.4 Å². The third kappa shape index (κ3) is 3.67. The first-order valence-electron chi connectivity index (χ1n) is 8.47. The van der Waals surface area contributed by atoms with Crippen molar-refractivity contribution >= 4 is 23.2 Å². The van der Waals surface area contributed by atoms with Crippen LogP contribution in [-0.4, -0.2) is 22.7 Å². The number of rotatable bonds is 4. The molecule has 0 fully saturated rings. The van der Waals surface area contributed by atoms with E-state index in [1.807, 2.05) is 25.1 Å². The lowest BCUT2D eigenvalue weighted by molar-refractivity contribution is 0.102. The van der Waals surface area contributed by atoms with Gasteiger partial charge >= 0.3 is 0 Å². The minimum atomic E-state index is -0.334. The number of hydrogen-bond acceptors (Lipinski definition) is 6. The van der Waals surface area contributed by atoms with E-state index in [1.165, 1.54) is 5.56 Å². The maximum Gasteiger partial charge on any atom is 0.274 e. The van der Waals surface area contributed by atoms with Crippen LogP contribution < -0.4 is 20.1 Å². The number of anilines is 3. The molecule has 1 aromatic heterocycles. The summed E-state index contributed by atoms with van der Waals surface area (Å²) in [5.41, 5.74) is 4.10. The molecule has 0 saturated carbocycles. The number of ether oxygens (including phenoxy) is 2. The van der Waals surface area contributed by atoms with Gasteiger partial charge in [-0.15, -0.1) is 0 Å². The first-order valence-corrected chi connectivity index (χ1v) is 8.47. The molecule has 0 radical (unpaired) electrons. The number of nitrogens with one attached hydrogen (secondary N) is 2. The first-order chi connectivity index (χ1) is 13.1. The highest BCUT2D eigenvalue weighted by atomic mass is 16.7. The number of fused-ring (bicyclic) bond motifs is 1. The summed E-state index contributed by atoms with van der Waals surface area (Å²) in [5.74, 6) is 1.29. The Morgan fingerprint density at radius 1 is 0.963 bits per heavy atom. The lowest BCUT2D eigenvalue weighted by Gasteiger charge is -2.09. The van der Waals surface area contributed by atoms with Crippen LogP contribution in [-0.2, 0) is 0 Å². The van der Waals surface area contributed by atoms with Gasteiger partial charge in [0.05, 0.1) is 0 Å². The highest BCUT2D eigenvalue weighted by molar-refractivity contribution is 6.03. The molecule has 0 unspecified atom stereocenters. The summed E-state index contributed by atoms with van der Waals surface area (Å²) in [5, 5.41) is 5.93. The molecular formula is C20H18N4O3. The molecule has 7 heteroatoms. The SMILES string of the molecule is Cc1ccc(Nc2nccc(C(=O)Nc3ccc4c(c3)OCO4)n2)cc1C. The van der Waals surface area contributed by atoms with Gasteiger partial charge in [-0.1, -0.05) is 6.07 Å². The zero-order chi connectivity index (χ0) is 18.8. The van der Waals surface area contributed by atoms with Crippen molar-refractivity contribution in [1.29, 1.82) is 0 Å². The Morgan fingerprint density at radius 3 is 2.63 bits per heavy atom. The van der Waals surface area contributed by atoms with Gasteiger partial charge in [-0.3, -0.25) is 4.79 Å². The lowest BCUT2D eigenvalue weighted by Crippen LogP contribution is -2.14. The smallest absolute Gasteiger partial charge is 0.274 e. The summed E-state index contributed by atoms with van der Waals surface area (Å²) in [6.45, 7) is 4.28. The molecule has 0 saturated heterocycles. The molecule has 1 aliphatic heterocycles. The number of carbonyl (C=O) groups is 1. The Morgan fingerprint density at radius 2 is 1.78 bits per heavy atom. The number of aromatic nitrogens is 2. The fourth-order valence-electron chi connectivity index (χ4n) is 2.66. The molecule has 2 heterocycles. The highest BCUT2D eigenvalue weighted by Crippen LogP contribution is 2.34. The van der Waals surface area contributed by atoms with Crippen LogP contribution >= 0.6 is 0 Å². The van der Waals surface area contributed by atoms with Crippen LogP contribution in [0.25, 0.3) is 0 Å². The van der Waals surface area contributed by atoms with E-state index in [2.05, 4.69) is 27.5 Å². The van der Waals surface area contributed by atoms with E-state index in [0.717, 1.165) is 11.3 Å². The Kier molecular flexibility index (Phi) is 4.33. The molecule has 1 amide bonds. The van der Waals surface area contributed by atoms with Crippen LogP contribution in [0.3, 0.4) is 0 Å². The average Bonchev–Trinajstić information content (AvgIpc) is 3.13. The van der Waals surface area contributed by atoms with Gasteiger partial charge in [-0.2, -0.15) is 0 Å². The van der Waals surface area contributed by atoms with Gasteiger partial charge in [-0.25, -0.2) is 9.97 Å². The topological polar surface area (TPSA) is 85.4 Å². The van der Waals surface area contributed by atoms with Crippen LogP contribution in [0.2, 0.25) is 0 Å². The highest BCUT2D eigenvalue weighted by Gasteiger charge is 2.15. The second-order valence-electron chi connectivity index (χ2n) is 6.21. The number of carbonyl (C=O) groups excluding carboxylic acids is 1. The van der Waals surface area contributed by atoms with Crippen molar-refractivity contribution in [3.05, 3.63) is 65.5 Å². The average molecular weight is 362 g/mol. The molecule has 136 valence electrons. The number of aryl methyl sites for hydroxylation is 2. The molecule has 0 atom stereocenters. The molecule has 0 aliphatic carbocycles. The Bertz CT molecular complexity index is 1020. The molecule has 2 aromatic carbocycles. The van der Waals surface area contributed by atoms with E-state index in [0.29, 0.717) is 23.1 Å². The number of hydrogen-bond donors (Lipinski definition) is 2. The van der Waals surface area contributed by atoms with Gasteiger partial charge in [0.15, 0.2) is 11.5 Å². The predicted octanol–water partition coefficient (Wildman–Crippen LogP) is 3.82. The minimum Gasteiger partial charge on any atom is -0.454 e. The third-order valence-electron chi connectivity index (χ3n) is 4.28. The fraction of sp³-hybridized carbons (Fsp3) is 0.150. The summed E-state index contributed by atoms with van der Waals surface area (Å²) < 4.78 is 10.6. The molecule has 0 bridgehead atoms. The van der Waals surface area contributed by atoms with E-state index in [4.69, 9.17) is 9.47 Å². The second-order valence-corrected chi connectivity index (χ2v) is 6.21. The van der Waals surface area contributed by atoms with E-state index >= 15 is 0 Å². The van der Waals surface area contributed by atoms with Crippen molar-refractivity contribution in [2.75, 3.05) is 17.4 Å². The lowest BCUT2D eigenvalue weighted by atomic mass is 10.1. The molecule has 0 spiro atoms. The largest absolute Gasteiger partial charge is 0.454 e. The van der Waals surface area contributed by atoms with Gasteiger partial charge in [-0.05, 0) is 55.3 Å². The van der Waals surface area contributed by atoms with Crippen molar-refractivity contribution in [3.8, 4) is 11.5 Å². The van der Waals surface area contributed by atoms with Crippen molar-refractivity contribution in [1.82, 2.24) is 9.97 Å². The Balaban J connectivity index is 1.49. The summed E-state index contributed by atoms with van der Waals surface area (Å²) in [4.78, 5) is 21.0. The monoisotopic (exact) mass is 362 g/mol. The van der Waals surface area contributed by atoms with E-state index < -0.39 is 0 Å². The van der Waals surface area contributed by atoms with Crippen LogP contribution in [0, 0.1) is 13.8 Å². The van der Waals surface area contributed by atoms with Gasteiger partial charge in [0, 0.05) is 23.6 Å². The summed E-state index contributed by atoms with van der Waals surface area (Å²) in [7, 11) is 0. The molecule has 7 nitrogen and oxygen atoms in total. The quantitative estimate of drug-likeness (QED) is 0.734. The molecule has 2 N–H and O–H groups in total. The molecule has 27 heavy (non-hydrogen) atoms. The molecule has 1 aliphatic rings. The normalized spacial score (nSPS) is 11.9. The van der Waals surface area contributed by atoms with Gasteiger partial charge < -0.3 is 20.1 Å². The van der Waals surface area contributed by atoms with Crippen molar-refractivity contribution in [3.63, 3.8) is 0 Å². The van der Waals surface area contributed by atoms with Gasteiger partial charge in [0.2, 0.25) is 12.7 Å².